The average molecular weight is 411 g/mol. The highest BCUT2D eigenvalue weighted by Gasteiger charge is 2.22. The van der Waals surface area contributed by atoms with Gasteiger partial charge in [-0.15, -0.1) is 0 Å². The topological polar surface area (TPSA) is 93.2 Å². The van der Waals surface area contributed by atoms with Gasteiger partial charge in [0, 0.05) is 23.1 Å². The Morgan fingerprint density at radius 3 is 2.55 bits per heavy atom. The zero-order valence-corrected chi connectivity index (χ0v) is 17.8. The number of nitriles is 1. The van der Waals surface area contributed by atoms with E-state index in [1.807, 2.05) is 45.0 Å². The Hall–Kier alpha value is -4.05. The van der Waals surface area contributed by atoms with Gasteiger partial charge in [0.25, 0.3) is 0 Å². The van der Waals surface area contributed by atoms with Crippen LogP contribution in [0, 0.1) is 32.1 Å². The van der Waals surface area contributed by atoms with Crippen LogP contribution in [0.5, 0.6) is 0 Å². The van der Waals surface area contributed by atoms with Crippen LogP contribution >= 0.6 is 0 Å². The minimum Gasteiger partial charge on any atom is -0.461 e. The molecule has 0 atom stereocenters. The lowest BCUT2D eigenvalue weighted by molar-refractivity contribution is 0.0519. The van der Waals surface area contributed by atoms with Gasteiger partial charge < -0.3 is 4.74 Å². The Morgan fingerprint density at radius 2 is 1.87 bits per heavy atom. The van der Waals surface area contributed by atoms with Gasteiger partial charge in [-0.05, 0) is 63.1 Å². The van der Waals surface area contributed by atoms with Crippen LogP contribution < -0.4 is 0 Å². The first-order chi connectivity index (χ1) is 14.9. The average Bonchev–Trinajstić information content (AvgIpc) is 3.11. The normalized spacial score (nSPS) is 10.8. The van der Waals surface area contributed by atoms with E-state index in [-0.39, 0.29) is 12.3 Å². The van der Waals surface area contributed by atoms with Gasteiger partial charge in [-0.2, -0.15) is 10.4 Å². The molecule has 7 nitrogen and oxygen atoms in total. The molecule has 4 aromatic rings. The SMILES string of the molecule is CCOC(=O)c1ccn2nc(-c3cccc(C#N)c3C)c(-c3cc(C)nc(C)c3)c2n1. The van der Waals surface area contributed by atoms with Gasteiger partial charge in [-0.3, -0.25) is 4.98 Å². The number of carbonyl (C=O) groups excluding carboxylic acids is 1. The lowest BCUT2D eigenvalue weighted by atomic mass is 9.95. The van der Waals surface area contributed by atoms with E-state index in [1.165, 1.54) is 0 Å². The van der Waals surface area contributed by atoms with Crippen molar-refractivity contribution in [3.05, 3.63) is 70.8 Å². The van der Waals surface area contributed by atoms with Crippen LogP contribution in [0.4, 0.5) is 0 Å². The van der Waals surface area contributed by atoms with Crippen molar-refractivity contribution in [1.29, 1.82) is 5.26 Å². The maximum absolute atomic E-state index is 12.3. The van der Waals surface area contributed by atoms with E-state index >= 15 is 0 Å². The summed E-state index contributed by atoms with van der Waals surface area (Å²) in [4.78, 5) is 21.4. The van der Waals surface area contributed by atoms with E-state index < -0.39 is 5.97 Å². The number of ether oxygens (including phenoxy) is 1. The number of fused-ring (bicyclic) bond motifs is 1. The molecule has 0 saturated heterocycles. The minimum atomic E-state index is -0.483. The van der Waals surface area contributed by atoms with Gasteiger partial charge in [-0.25, -0.2) is 14.3 Å². The summed E-state index contributed by atoms with van der Waals surface area (Å²) < 4.78 is 6.77. The first-order valence-electron chi connectivity index (χ1n) is 9.95. The molecule has 0 bridgehead atoms. The van der Waals surface area contributed by atoms with Crippen LogP contribution in [-0.2, 0) is 4.74 Å². The van der Waals surface area contributed by atoms with Crippen LogP contribution in [0.3, 0.4) is 0 Å². The summed E-state index contributed by atoms with van der Waals surface area (Å²) in [5.41, 5.74) is 7.10. The largest absolute Gasteiger partial charge is 0.461 e. The molecule has 0 aliphatic rings. The molecule has 3 heterocycles. The van der Waals surface area contributed by atoms with E-state index in [4.69, 9.17) is 9.84 Å². The zero-order chi connectivity index (χ0) is 22.1. The lowest BCUT2D eigenvalue weighted by Gasteiger charge is -2.09. The number of esters is 1. The fourth-order valence-electron chi connectivity index (χ4n) is 3.69. The van der Waals surface area contributed by atoms with Crippen molar-refractivity contribution in [2.75, 3.05) is 6.61 Å². The summed E-state index contributed by atoms with van der Waals surface area (Å²) >= 11 is 0. The molecule has 0 fully saturated rings. The number of benzene rings is 1. The summed E-state index contributed by atoms with van der Waals surface area (Å²) in [6, 6.07) is 13.3. The predicted octanol–water partition coefficient (Wildman–Crippen LogP) is 4.43. The molecule has 1 aromatic carbocycles. The third-order valence-corrected chi connectivity index (χ3v) is 5.05. The molecular weight excluding hydrogens is 390 g/mol. The van der Waals surface area contributed by atoms with E-state index in [2.05, 4.69) is 16.0 Å². The highest BCUT2D eigenvalue weighted by atomic mass is 16.5. The zero-order valence-electron chi connectivity index (χ0n) is 17.8. The number of pyridine rings is 1. The molecule has 0 unspecified atom stereocenters. The van der Waals surface area contributed by atoms with Gasteiger partial charge in [0.1, 0.15) is 5.69 Å². The Balaban J connectivity index is 2.07. The number of hydrogen-bond donors (Lipinski definition) is 0. The van der Waals surface area contributed by atoms with Crippen LogP contribution in [0.2, 0.25) is 0 Å². The first-order valence-corrected chi connectivity index (χ1v) is 9.95. The Kier molecular flexibility index (Phi) is 5.22. The third-order valence-electron chi connectivity index (χ3n) is 5.05. The Bertz CT molecular complexity index is 1340. The third kappa shape index (κ3) is 3.64. The first kappa shape index (κ1) is 20.2. The van der Waals surface area contributed by atoms with E-state index in [1.54, 1.807) is 29.8 Å². The minimum absolute atomic E-state index is 0.215. The predicted molar refractivity (Wildman–Crippen MR) is 117 cm³/mol. The molecule has 4 rings (SSSR count). The Morgan fingerprint density at radius 1 is 1.13 bits per heavy atom. The van der Waals surface area contributed by atoms with Crippen molar-refractivity contribution in [1.82, 2.24) is 19.6 Å². The van der Waals surface area contributed by atoms with Crippen molar-refractivity contribution in [3.63, 3.8) is 0 Å². The van der Waals surface area contributed by atoms with Gasteiger partial charge >= 0.3 is 5.97 Å². The standard InChI is InChI=1S/C24H21N5O2/c1-5-31-24(30)20-9-10-29-23(27-20)21(18-11-14(2)26-15(3)12-18)22(28-29)19-8-6-7-17(13-25)16(19)4/h6-12H,5H2,1-4H3. The van der Waals surface area contributed by atoms with Crippen molar-refractivity contribution in [3.8, 4) is 28.5 Å². The van der Waals surface area contributed by atoms with Gasteiger partial charge in [0.15, 0.2) is 11.3 Å². The molecule has 0 N–H and O–H groups in total. The summed E-state index contributed by atoms with van der Waals surface area (Å²) in [5.74, 6) is -0.483. The van der Waals surface area contributed by atoms with Crippen molar-refractivity contribution < 1.29 is 9.53 Å². The second kappa shape index (κ2) is 8.00. The lowest BCUT2D eigenvalue weighted by Crippen LogP contribution is -2.08. The maximum atomic E-state index is 12.3. The van der Waals surface area contributed by atoms with E-state index in [0.29, 0.717) is 16.9 Å². The van der Waals surface area contributed by atoms with Crippen LogP contribution in [-0.4, -0.2) is 32.2 Å². The molecule has 0 saturated carbocycles. The fraction of sp³-hybridized carbons (Fsp3) is 0.208. The highest BCUT2D eigenvalue weighted by Crippen LogP contribution is 2.37. The number of hydrogen-bond acceptors (Lipinski definition) is 6. The molecule has 0 aliphatic heterocycles. The van der Waals surface area contributed by atoms with Gasteiger partial charge in [0.2, 0.25) is 0 Å². The van der Waals surface area contributed by atoms with Crippen molar-refractivity contribution in [2.24, 2.45) is 0 Å². The molecule has 0 amide bonds. The molecular formula is C24H21N5O2. The smallest absolute Gasteiger partial charge is 0.357 e. The van der Waals surface area contributed by atoms with E-state index in [9.17, 15) is 10.1 Å². The number of carbonyl (C=O) groups is 1. The summed E-state index contributed by atoms with van der Waals surface area (Å²) in [7, 11) is 0. The summed E-state index contributed by atoms with van der Waals surface area (Å²) in [6.07, 6.45) is 1.70. The second-order valence-electron chi connectivity index (χ2n) is 7.25. The quantitative estimate of drug-likeness (QED) is 0.461. The van der Waals surface area contributed by atoms with Gasteiger partial charge in [0.05, 0.1) is 23.8 Å². The monoisotopic (exact) mass is 411 g/mol. The molecule has 3 aromatic heterocycles. The summed E-state index contributed by atoms with van der Waals surface area (Å²) in [6.45, 7) is 7.79. The molecule has 0 radical (unpaired) electrons. The van der Waals surface area contributed by atoms with Crippen LogP contribution in [0.1, 0.15) is 39.9 Å². The van der Waals surface area contributed by atoms with Gasteiger partial charge in [-0.1, -0.05) is 12.1 Å². The highest BCUT2D eigenvalue weighted by molar-refractivity contribution is 5.94. The summed E-state index contributed by atoms with van der Waals surface area (Å²) in [5, 5.41) is 14.3. The van der Waals surface area contributed by atoms with Crippen LogP contribution in [0.25, 0.3) is 28.0 Å². The molecule has 154 valence electrons. The second-order valence-corrected chi connectivity index (χ2v) is 7.25. The maximum Gasteiger partial charge on any atom is 0.357 e. The van der Waals surface area contributed by atoms with Crippen LogP contribution in [0.15, 0.2) is 42.6 Å². The molecule has 0 aliphatic carbocycles. The number of aryl methyl sites for hydroxylation is 2. The molecule has 7 heteroatoms. The van der Waals surface area contributed by atoms with E-state index in [0.717, 1.165) is 33.6 Å². The number of nitrogens with zero attached hydrogens (tertiary/aromatic N) is 5. The Labute approximate surface area is 180 Å². The molecule has 31 heavy (non-hydrogen) atoms. The van der Waals surface area contributed by atoms with Crippen molar-refractivity contribution in [2.45, 2.75) is 27.7 Å². The molecule has 0 spiro atoms. The number of rotatable bonds is 4. The van der Waals surface area contributed by atoms with Crippen molar-refractivity contribution >= 4 is 11.6 Å². The fourth-order valence-corrected chi connectivity index (χ4v) is 3.69. The number of aromatic nitrogens is 4.